The van der Waals surface area contributed by atoms with Gasteiger partial charge in [-0.25, -0.2) is 0 Å². The van der Waals surface area contributed by atoms with Crippen molar-refractivity contribution in [3.05, 3.63) is 33.3 Å². The Kier molecular flexibility index (Phi) is 7.00. The highest BCUT2D eigenvalue weighted by Gasteiger charge is 2.21. The summed E-state index contributed by atoms with van der Waals surface area (Å²) in [6, 6.07) is 5.55. The molecule has 5 heteroatoms. The van der Waals surface area contributed by atoms with E-state index in [2.05, 4.69) is 35.1 Å². The maximum absolute atomic E-state index is 12.2. The van der Waals surface area contributed by atoms with E-state index >= 15 is 0 Å². The van der Waals surface area contributed by atoms with E-state index in [9.17, 15) is 4.79 Å². The molecule has 112 valence electrons. The summed E-state index contributed by atoms with van der Waals surface area (Å²) in [6.45, 7) is 4.81. The Hall–Kier alpha value is -0.580. The minimum Gasteiger partial charge on any atom is -0.347 e. The van der Waals surface area contributed by atoms with Crippen molar-refractivity contribution in [3.63, 3.8) is 0 Å². The van der Waals surface area contributed by atoms with Gasteiger partial charge in [-0.2, -0.15) is 0 Å². The summed E-state index contributed by atoms with van der Waals surface area (Å²) in [5, 5.41) is 4.03. The molecule has 0 fully saturated rings. The van der Waals surface area contributed by atoms with Crippen LogP contribution in [0.5, 0.6) is 0 Å². The second kappa shape index (κ2) is 8.01. The molecule has 1 atom stereocenters. The van der Waals surface area contributed by atoms with Crippen molar-refractivity contribution in [1.29, 1.82) is 0 Å². The van der Waals surface area contributed by atoms with Crippen LogP contribution >= 0.6 is 27.5 Å². The molecule has 3 nitrogen and oxygen atoms in total. The van der Waals surface area contributed by atoms with Gasteiger partial charge in [0.25, 0.3) is 0 Å². The molecule has 0 aliphatic heterocycles. The fraction of sp³-hybridized carbons (Fsp3) is 0.533. The van der Waals surface area contributed by atoms with Crippen molar-refractivity contribution in [2.45, 2.75) is 32.9 Å². The largest absolute Gasteiger partial charge is 0.347 e. The van der Waals surface area contributed by atoms with Crippen LogP contribution in [-0.4, -0.2) is 30.9 Å². The van der Waals surface area contributed by atoms with Crippen molar-refractivity contribution < 1.29 is 4.79 Å². The average molecular weight is 362 g/mol. The van der Waals surface area contributed by atoms with Gasteiger partial charge in [-0.15, -0.1) is 0 Å². The predicted molar refractivity (Wildman–Crippen MR) is 87.9 cm³/mol. The number of hydrogen-bond donors (Lipinski definition) is 1. The van der Waals surface area contributed by atoms with E-state index in [0.29, 0.717) is 17.5 Å². The topological polar surface area (TPSA) is 32.3 Å². The van der Waals surface area contributed by atoms with Crippen molar-refractivity contribution in [1.82, 2.24) is 10.2 Å². The van der Waals surface area contributed by atoms with Crippen molar-refractivity contribution >= 4 is 33.4 Å². The van der Waals surface area contributed by atoms with Gasteiger partial charge in [-0.3, -0.25) is 4.79 Å². The number of nitrogens with zero attached hydrogens (tertiary/aromatic N) is 1. The van der Waals surface area contributed by atoms with Gasteiger partial charge in [-0.05, 0) is 36.1 Å². The first kappa shape index (κ1) is 17.5. The fourth-order valence-corrected chi connectivity index (χ4v) is 2.56. The van der Waals surface area contributed by atoms with E-state index in [4.69, 9.17) is 11.6 Å². The zero-order valence-corrected chi connectivity index (χ0v) is 14.8. The molecule has 0 heterocycles. The Bertz CT molecular complexity index is 463. The van der Waals surface area contributed by atoms with Crippen LogP contribution in [-0.2, 0) is 11.3 Å². The van der Waals surface area contributed by atoms with Crippen LogP contribution in [0.4, 0.5) is 0 Å². The molecule has 1 aromatic rings. The van der Waals surface area contributed by atoms with E-state index in [0.717, 1.165) is 16.5 Å². The maximum Gasteiger partial charge on any atom is 0.239 e. The van der Waals surface area contributed by atoms with Crippen LogP contribution in [0, 0.1) is 5.92 Å². The third-order valence-electron chi connectivity index (χ3n) is 2.99. The number of carbonyl (C=O) groups excluding carboxylic acids is 1. The second-order valence-corrected chi connectivity index (χ2v) is 6.85. The molecule has 1 unspecified atom stereocenters. The smallest absolute Gasteiger partial charge is 0.239 e. The van der Waals surface area contributed by atoms with E-state index < -0.39 is 0 Å². The lowest BCUT2D eigenvalue weighted by atomic mass is 10.0. The number of rotatable bonds is 6. The highest BCUT2D eigenvalue weighted by molar-refractivity contribution is 9.10. The van der Waals surface area contributed by atoms with Crippen molar-refractivity contribution in [2.24, 2.45) is 5.92 Å². The maximum atomic E-state index is 12.2. The van der Waals surface area contributed by atoms with E-state index in [1.807, 2.05) is 18.2 Å². The Balaban J connectivity index is 2.75. The molecular weight excluding hydrogens is 340 g/mol. The van der Waals surface area contributed by atoms with Crippen LogP contribution in [0.25, 0.3) is 0 Å². The summed E-state index contributed by atoms with van der Waals surface area (Å²) < 4.78 is 0.984. The molecule has 0 radical (unpaired) electrons. The van der Waals surface area contributed by atoms with Gasteiger partial charge in [-0.1, -0.05) is 41.4 Å². The molecule has 0 aliphatic rings. The van der Waals surface area contributed by atoms with Gasteiger partial charge >= 0.3 is 0 Å². The van der Waals surface area contributed by atoms with E-state index in [1.54, 1.807) is 19.0 Å². The van der Waals surface area contributed by atoms with Crippen molar-refractivity contribution in [3.8, 4) is 0 Å². The molecule has 0 aromatic heterocycles. The monoisotopic (exact) mass is 360 g/mol. The summed E-state index contributed by atoms with van der Waals surface area (Å²) >= 11 is 9.61. The highest BCUT2D eigenvalue weighted by atomic mass is 79.9. The quantitative estimate of drug-likeness (QED) is 0.838. The molecule has 20 heavy (non-hydrogen) atoms. The Morgan fingerprint density at radius 2 is 2.05 bits per heavy atom. The first-order valence-electron chi connectivity index (χ1n) is 6.69. The number of benzene rings is 1. The Labute approximate surface area is 134 Å². The number of amides is 1. The molecule has 1 aromatic carbocycles. The molecule has 0 saturated heterocycles. The van der Waals surface area contributed by atoms with Crippen LogP contribution in [0.2, 0.25) is 5.02 Å². The summed E-state index contributed by atoms with van der Waals surface area (Å²) in [6.07, 6.45) is 0.808. The number of halogens is 2. The zero-order chi connectivity index (χ0) is 15.3. The fourth-order valence-electron chi connectivity index (χ4n) is 1.97. The summed E-state index contributed by atoms with van der Waals surface area (Å²) in [7, 11) is 3.56. The van der Waals surface area contributed by atoms with Gasteiger partial charge in [0.1, 0.15) is 0 Å². The lowest BCUT2D eigenvalue weighted by Crippen LogP contribution is -2.44. The Morgan fingerprint density at radius 1 is 1.40 bits per heavy atom. The molecule has 1 amide bonds. The molecule has 1 N–H and O–H groups in total. The lowest BCUT2D eigenvalue weighted by Gasteiger charge is -2.23. The molecule has 0 spiro atoms. The average Bonchev–Trinajstić information content (AvgIpc) is 2.36. The van der Waals surface area contributed by atoms with Gasteiger partial charge in [0.15, 0.2) is 0 Å². The minimum atomic E-state index is -0.181. The summed E-state index contributed by atoms with van der Waals surface area (Å²) in [4.78, 5) is 13.8. The SMILES string of the molecule is CC(C)CC(NCc1cc(Br)ccc1Cl)C(=O)N(C)C. The predicted octanol–water partition coefficient (Wildman–Crippen LogP) is 3.70. The summed E-state index contributed by atoms with van der Waals surface area (Å²) in [5.41, 5.74) is 0.987. The van der Waals surface area contributed by atoms with Crippen LogP contribution in [0.1, 0.15) is 25.8 Å². The number of carbonyl (C=O) groups is 1. The third kappa shape index (κ3) is 5.43. The molecule has 0 aliphatic carbocycles. The molecule has 1 rings (SSSR count). The Morgan fingerprint density at radius 3 is 2.60 bits per heavy atom. The molecule has 0 saturated carbocycles. The van der Waals surface area contributed by atoms with Gasteiger partial charge < -0.3 is 10.2 Å². The van der Waals surface area contributed by atoms with Gasteiger partial charge in [0.2, 0.25) is 5.91 Å². The number of nitrogens with one attached hydrogen (secondary N) is 1. The normalized spacial score (nSPS) is 12.6. The summed E-state index contributed by atoms with van der Waals surface area (Å²) in [5.74, 6) is 0.555. The first-order chi connectivity index (χ1) is 9.31. The van der Waals surface area contributed by atoms with Crippen LogP contribution in [0.15, 0.2) is 22.7 Å². The van der Waals surface area contributed by atoms with E-state index in [1.165, 1.54) is 0 Å². The lowest BCUT2D eigenvalue weighted by molar-refractivity contribution is -0.131. The van der Waals surface area contributed by atoms with Crippen LogP contribution < -0.4 is 5.32 Å². The molecular formula is C15H22BrClN2O. The highest BCUT2D eigenvalue weighted by Crippen LogP contribution is 2.21. The van der Waals surface area contributed by atoms with Crippen molar-refractivity contribution in [2.75, 3.05) is 14.1 Å². The van der Waals surface area contributed by atoms with Gasteiger partial charge in [0.05, 0.1) is 6.04 Å². The molecule has 0 bridgehead atoms. The van der Waals surface area contributed by atoms with E-state index in [-0.39, 0.29) is 11.9 Å². The van der Waals surface area contributed by atoms with Gasteiger partial charge in [0, 0.05) is 30.1 Å². The van der Waals surface area contributed by atoms with Crippen LogP contribution in [0.3, 0.4) is 0 Å². The zero-order valence-electron chi connectivity index (χ0n) is 12.4. The third-order valence-corrected chi connectivity index (χ3v) is 3.85. The standard InChI is InChI=1S/C15H22BrClN2O/c1-10(2)7-14(15(20)19(3)4)18-9-11-8-12(16)5-6-13(11)17/h5-6,8,10,14,18H,7,9H2,1-4H3. The number of hydrogen-bond acceptors (Lipinski definition) is 2. The number of likely N-dealkylation sites (N-methyl/N-ethyl adjacent to an activating group) is 1. The second-order valence-electron chi connectivity index (χ2n) is 5.53. The first-order valence-corrected chi connectivity index (χ1v) is 7.86. The minimum absolute atomic E-state index is 0.102.